The van der Waals surface area contributed by atoms with Crippen LogP contribution in [0.2, 0.25) is 0 Å². The van der Waals surface area contributed by atoms with E-state index in [1.165, 1.54) is 23.5 Å². The van der Waals surface area contributed by atoms with Crippen molar-refractivity contribution in [1.29, 1.82) is 0 Å². The first-order valence-electron chi connectivity index (χ1n) is 4.07. The largest absolute Gasteiger partial charge is 0.207 e. The summed E-state index contributed by atoms with van der Waals surface area (Å²) in [6.07, 6.45) is 0.329. The molecular weight excluding hydrogens is 286 g/mol. The maximum atomic E-state index is 13.2. The minimum Gasteiger partial charge on any atom is -0.207 e. The predicted octanol–water partition coefficient (Wildman–Crippen LogP) is 3.17. The van der Waals surface area contributed by atoms with Gasteiger partial charge < -0.3 is 0 Å². The Hall–Kier alpha value is -0.880. The Balaban J connectivity index is 2.24. The molecule has 0 aliphatic carbocycles. The number of halogens is 3. The van der Waals surface area contributed by atoms with E-state index in [2.05, 4.69) is 26.1 Å². The average Bonchev–Trinajstić information content (AvgIpc) is 2.56. The third kappa shape index (κ3) is 2.57. The summed E-state index contributed by atoms with van der Waals surface area (Å²) in [6.45, 7) is 0. The van der Waals surface area contributed by atoms with Crippen LogP contribution in [0.25, 0.3) is 0 Å². The van der Waals surface area contributed by atoms with Crippen molar-refractivity contribution in [2.24, 2.45) is 0 Å². The fourth-order valence-electron chi connectivity index (χ4n) is 1.13. The zero-order valence-corrected chi connectivity index (χ0v) is 9.78. The van der Waals surface area contributed by atoms with Crippen molar-refractivity contribution < 1.29 is 8.78 Å². The van der Waals surface area contributed by atoms with Crippen LogP contribution in [0.3, 0.4) is 0 Å². The van der Waals surface area contributed by atoms with Crippen molar-refractivity contribution in [3.8, 4) is 0 Å². The summed E-state index contributed by atoms with van der Waals surface area (Å²) in [4.78, 5) is 0. The molecule has 0 saturated heterocycles. The fourth-order valence-corrected chi connectivity index (χ4v) is 2.36. The van der Waals surface area contributed by atoms with Gasteiger partial charge in [0.25, 0.3) is 0 Å². The summed E-state index contributed by atoms with van der Waals surface area (Å²) in [5.41, 5.74) is 0.417. The molecular formula is C9H5BrF2N2S. The molecule has 0 saturated carbocycles. The van der Waals surface area contributed by atoms with Gasteiger partial charge in [-0.25, -0.2) is 8.78 Å². The first-order chi connectivity index (χ1) is 7.15. The van der Waals surface area contributed by atoms with E-state index < -0.39 is 11.6 Å². The van der Waals surface area contributed by atoms with E-state index in [0.717, 1.165) is 6.07 Å². The van der Waals surface area contributed by atoms with Gasteiger partial charge in [0.1, 0.15) is 16.6 Å². The molecule has 0 spiro atoms. The molecule has 6 heteroatoms. The van der Waals surface area contributed by atoms with Crippen LogP contribution < -0.4 is 0 Å². The number of aromatic nitrogens is 2. The first kappa shape index (κ1) is 10.6. The Morgan fingerprint density at radius 1 is 1.27 bits per heavy atom. The molecule has 0 aliphatic heterocycles. The maximum absolute atomic E-state index is 13.2. The van der Waals surface area contributed by atoms with Crippen molar-refractivity contribution in [2.75, 3.05) is 0 Å². The Bertz CT molecular complexity index is 487. The van der Waals surface area contributed by atoms with Crippen LogP contribution in [0.4, 0.5) is 8.78 Å². The van der Waals surface area contributed by atoms with Crippen LogP contribution in [0, 0.1) is 11.6 Å². The van der Waals surface area contributed by atoms with Crippen molar-refractivity contribution in [2.45, 2.75) is 6.42 Å². The summed E-state index contributed by atoms with van der Waals surface area (Å²) < 4.78 is 26.5. The molecule has 15 heavy (non-hydrogen) atoms. The van der Waals surface area contributed by atoms with Crippen LogP contribution in [0.1, 0.15) is 10.6 Å². The Morgan fingerprint density at radius 3 is 2.67 bits per heavy atom. The van der Waals surface area contributed by atoms with E-state index in [9.17, 15) is 8.78 Å². The van der Waals surface area contributed by atoms with Gasteiger partial charge in [-0.1, -0.05) is 17.4 Å². The van der Waals surface area contributed by atoms with Crippen LogP contribution in [0.5, 0.6) is 0 Å². The number of nitrogens with zero attached hydrogens (tertiary/aromatic N) is 2. The minimum atomic E-state index is -0.574. The standard InChI is InChI=1S/C9H5BrF2N2S/c10-9-14-13-8(15-9)3-5-1-2-6(11)4-7(5)12/h1-2,4H,3H2. The van der Waals surface area contributed by atoms with Gasteiger partial charge >= 0.3 is 0 Å². The van der Waals surface area contributed by atoms with Gasteiger partial charge in [-0.15, -0.1) is 10.2 Å². The van der Waals surface area contributed by atoms with Crippen LogP contribution >= 0.6 is 27.3 Å². The van der Waals surface area contributed by atoms with Crippen molar-refractivity contribution in [1.82, 2.24) is 10.2 Å². The topological polar surface area (TPSA) is 25.8 Å². The summed E-state index contributed by atoms with van der Waals surface area (Å²) in [5.74, 6) is -1.13. The molecule has 2 aromatic rings. The second-order valence-electron chi connectivity index (χ2n) is 2.86. The molecule has 0 atom stereocenters. The molecule has 2 nitrogen and oxygen atoms in total. The molecule has 2 rings (SSSR count). The highest BCUT2D eigenvalue weighted by molar-refractivity contribution is 9.11. The molecule has 1 heterocycles. The normalized spacial score (nSPS) is 10.6. The van der Waals surface area contributed by atoms with E-state index in [1.807, 2.05) is 0 Å². The lowest BCUT2D eigenvalue weighted by molar-refractivity contribution is 0.574. The fraction of sp³-hybridized carbons (Fsp3) is 0.111. The molecule has 1 aromatic heterocycles. The third-order valence-corrected chi connectivity index (χ3v) is 3.15. The molecule has 0 amide bonds. The maximum Gasteiger partial charge on any atom is 0.183 e. The molecule has 0 unspecified atom stereocenters. The zero-order valence-electron chi connectivity index (χ0n) is 7.38. The highest BCUT2D eigenvalue weighted by Crippen LogP contribution is 2.20. The quantitative estimate of drug-likeness (QED) is 0.849. The van der Waals surface area contributed by atoms with E-state index in [1.54, 1.807) is 0 Å². The summed E-state index contributed by atoms with van der Waals surface area (Å²) >= 11 is 4.50. The highest BCUT2D eigenvalue weighted by atomic mass is 79.9. The lowest BCUT2D eigenvalue weighted by Gasteiger charge is -1.99. The average molecular weight is 291 g/mol. The van der Waals surface area contributed by atoms with E-state index in [0.29, 0.717) is 20.9 Å². The predicted molar refractivity (Wildman–Crippen MR) is 56.8 cm³/mol. The Morgan fingerprint density at radius 2 is 2.07 bits per heavy atom. The number of hydrogen-bond acceptors (Lipinski definition) is 3. The molecule has 0 fully saturated rings. The van der Waals surface area contributed by atoms with Crippen LogP contribution in [-0.4, -0.2) is 10.2 Å². The molecule has 1 aromatic carbocycles. The van der Waals surface area contributed by atoms with E-state index >= 15 is 0 Å². The van der Waals surface area contributed by atoms with Crippen molar-refractivity contribution in [3.05, 3.63) is 44.3 Å². The molecule has 0 aliphatic rings. The van der Waals surface area contributed by atoms with Gasteiger partial charge in [-0.05, 0) is 27.6 Å². The molecule has 0 N–H and O–H groups in total. The van der Waals surface area contributed by atoms with Gasteiger partial charge in [0.05, 0.1) is 0 Å². The van der Waals surface area contributed by atoms with Gasteiger partial charge in [-0.3, -0.25) is 0 Å². The third-order valence-electron chi connectivity index (χ3n) is 1.80. The number of benzene rings is 1. The Labute approximate surface area is 97.1 Å². The second-order valence-corrected chi connectivity index (χ2v) is 5.20. The molecule has 0 radical (unpaired) electrons. The lowest BCUT2D eigenvalue weighted by Crippen LogP contribution is -1.93. The van der Waals surface area contributed by atoms with Gasteiger partial charge in [0, 0.05) is 12.5 Å². The first-order valence-corrected chi connectivity index (χ1v) is 5.68. The van der Waals surface area contributed by atoms with Gasteiger partial charge in [0.15, 0.2) is 3.92 Å². The van der Waals surface area contributed by atoms with E-state index in [4.69, 9.17) is 0 Å². The molecule has 78 valence electrons. The number of rotatable bonds is 2. The SMILES string of the molecule is Fc1ccc(Cc2nnc(Br)s2)c(F)c1. The van der Waals surface area contributed by atoms with Crippen LogP contribution in [-0.2, 0) is 6.42 Å². The lowest BCUT2D eigenvalue weighted by atomic mass is 10.1. The highest BCUT2D eigenvalue weighted by Gasteiger charge is 2.08. The van der Waals surface area contributed by atoms with E-state index in [-0.39, 0.29) is 0 Å². The minimum absolute atomic E-state index is 0.329. The zero-order chi connectivity index (χ0) is 10.8. The summed E-state index contributed by atoms with van der Waals surface area (Å²) in [6, 6.07) is 3.51. The summed E-state index contributed by atoms with van der Waals surface area (Å²) in [7, 11) is 0. The monoisotopic (exact) mass is 290 g/mol. The Kier molecular flexibility index (Phi) is 3.06. The molecule has 0 bridgehead atoms. The van der Waals surface area contributed by atoms with Gasteiger partial charge in [0.2, 0.25) is 0 Å². The smallest absolute Gasteiger partial charge is 0.183 e. The van der Waals surface area contributed by atoms with Crippen LogP contribution in [0.15, 0.2) is 22.1 Å². The summed E-state index contributed by atoms with van der Waals surface area (Å²) in [5, 5.41) is 8.27. The van der Waals surface area contributed by atoms with Gasteiger partial charge in [-0.2, -0.15) is 0 Å². The van der Waals surface area contributed by atoms with Crippen molar-refractivity contribution in [3.63, 3.8) is 0 Å². The number of hydrogen-bond donors (Lipinski definition) is 0. The second kappa shape index (κ2) is 4.32. The van der Waals surface area contributed by atoms with Crippen molar-refractivity contribution >= 4 is 27.3 Å².